The predicted molar refractivity (Wildman–Crippen MR) is 54.7 cm³/mol. The Kier molecular flexibility index (Phi) is 2.34. The van der Waals surface area contributed by atoms with Gasteiger partial charge in [-0.15, -0.1) is 0 Å². The van der Waals surface area contributed by atoms with E-state index in [-0.39, 0.29) is 5.82 Å². The van der Waals surface area contributed by atoms with Crippen molar-refractivity contribution in [1.82, 2.24) is 0 Å². The molecule has 1 aliphatic heterocycles. The molecule has 0 amide bonds. The number of aliphatic carboxylic acids is 1. The van der Waals surface area contributed by atoms with Gasteiger partial charge in [-0.3, -0.25) is 4.79 Å². The summed E-state index contributed by atoms with van der Waals surface area (Å²) in [5, 5.41) is 9.02. The van der Waals surface area contributed by atoms with E-state index in [1.807, 2.05) is 11.9 Å². The van der Waals surface area contributed by atoms with E-state index in [9.17, 15) is 9.18 Å². The van der Waals surface area contributed by atoms with Gasteiger partial charge in [0.2, 0.25) is 0 Å². The summed E-state index contributed by atoms with van der Waals surface area (Å²) in [4.78, 5) is 12.9. The van der Waals surface area contributed by atoms with Gasteiger partial charge in [-0.1, -0.05) is 0 Å². The van der Waals surface area contributed by atoms with E-state index in [2.05, 4.69) is 0 Å². The largest absolute Gasteiger partial charge is 0.481 e. The minimum atomic E-state index is -0.880. The number of benzene rings is 1. The maximum absolute atomic E-state index is 13.0. The van der Waals surface area contributed by atoms with Gasteiger partial charge in [0.15, 0.2) is 0 Å². The Balaban J connectivity index is 2.51. The van der Waals surface area contributed by atoms with E-state index >= 15 is 0 Å². The Morgan fingerprint density at radius 2 is 2.33 bits per heavy atom. The molecule has 0 spiro atoms. The highest BCUT2D eigenvalue weighted by atomic mass is 19.1. The van der Waals surface area contributed by atoms with E-state index in [0.29, 0.717) is 18.5 Å². The lowest BCUT2D eigenvalue weighted by atomic mass is 9.90. The lowest BCUT2D eigenvalue weighted by Crippen LogP contribution is -2.30. The number of rotatable bonds is 1. The normalized spacial score (nSPS) is 19.9. The quantitative estimate of drug-likeness (QED) is 0.767. The molecule has 1 N–H and O–H groups in total. The van der Waals surface area contributed by atoms with Gasteiger partial charge in [0.25, 0.3) is 0 Å². The van der Waals surface area contributed by atoms with Crippen LogP contribution >= 0.6 is 0 Å². The van der Waals surface area contributed by atoms with Crippen molar-refractivity contribution in [2.24, 2.45) is 0 Å². The molecule has 1 unspecified atom stereocenters. The van der Waals surface area contributed by atoms with Crippen molar-refractivity contribution in [2.75, 3.05) is 18.5 Å². The van der Waals surface area contributed by atoms with Gasteiger partial charge in [-0.05, 0) is 30.2 Å². The van der Waals surface area contributed by atoms with Crippen LogP contribution in [0.1, 0.15) is 17.9 Å². The van der Waals surface area contributed by atoms with Crippen LogP contribution in [-0.2, 0) is 4.79 Å². The number of hydrogen-bond donors (Lipinski definition) is 1. The van der Waals surface area contributed by atoms with Crippen LogP contribution in [0.25, 0.3) is 0 Å². The lowest BCUT2D eigenvalue weighted by Gasteiger charge is -2.31. The number of fused-ring (bicyclic) bond motifs is 1. The average Bonchev–Trinajstić information content (AvgIpc) is 2.17. The summed E-state index contributed by atoms with van der Waals surface area (Å²) in [5.74, 6) is -1.84. The smallest absolute Gasteiger partial charge is 0.311 e. The van der Waals surface area contributed by atoms with Gasteiger partial charge >= 0.3 is 5.97 Å². The monoisotopic (exact) mass is 209 g/mol. The van der Waals surface area contributed by atoms with E-state index < -0.39 is 11.9 Å². The molecule has 0 aliphatic carbocycles. The Bertz CT molecular complexity index is 406. The molecular weight excluding hydrogens is 197 g/mol. The van der Waals surface area contributed by atoms with Crippen LogP contribution in [-0.4, -0.2) is 24.7 Å². The third-order valence-corrected chi connectivity index (χ3v) is 2.83. The highest BCUT2D eigenvalue weighted by Gasteiger charge is 2.28. The van der Waals surface area contributed by atoms with Gasteiger partial charge in [0, 0.05) is 19.3 Å². The zero-order valence-electron chi connectivity index (χ0n) is 8.40. The number of halogens is 1. The minimum Gasteiger partial charge on any atom is -0.481 e. The fraction of sp³-hybridized carbons (Fsp3) is 0.364. The molecule has 4 heteroatoms. The van der Waals surface area contributed by atoms with E-state index in [1.54, 1.807) is 6.07 Å². The third kappa shape index (κ3) is 1.67. The minimum absolute atomic E-state index is 0.379. The number of nitrogens with zero attached hydrogens (tertiary/aromatic N) is 1. The van der Waals surface area contributed by atoms with Crippen LogP contribution in [0.3, 0.4) is 0 Å². The molecule has 0 saturated carbocycles. The molecule has 1 heterocycles. The van der Waals surface area contributed by atoms with Crippen LogP contribution < -0.4 is 4.90 Å². The summed E-state index contributed by atoms with van der Waals surface area (Å²) in [6.07, 6.45) is 0.530. The van der Waals surface area contributed by atoms with Crippen molar-refractivity contribution < 1.29 is 14.3 Å². The van der Waals surface area contributed by atoms with Gasteiger partial charge in [0.05, 0.1) is 5.92 Å². The fourth-order valence-corrected chi connectivity index (χ4v) is 2.01. The molecular formula is C11H12FNO2. The van der Waals surface area contributed by atoms with Gasteiger partial charge < -0.3 is 10.0 Å². The second-order valence-electron chi connectivity index (χ2n) is 3.80. The third-order valence-electron chi connectivity index (χ3n) is 2.83. The summed E-state index contributed by atoms with van der Waals surface area (Å²) in [6, 6.07) is 4.32. The second-order valence-corrected chi connectivity index (χ2v) is 3.80. The standard InChI is InChI=1S/C11H12FNO2/c1-13-5-4-8(11(14)15)9-6-7(12)2-3-10(9)13/h2-3,6,8H,4-5H2,1H3,(H,14,15). The molecule has 3 nitrogen and oxygen atoms in total. The molecule has 0 bridgehead atoms. The van der Waals surface area contributed by atoms with Gasteiger partial charge in [-0.25, -0.2) is 4.39 Å². The molecule has 0 aromatic heterocycles. The number of carbonyl (C=O) groups is 1. The fourth-order valence-electron chi connectivity index (χ4n) is 2.01. The molecule has 0 saturated heterocycles. The summed E-state index contributed by atoms with van der Waals surface area (Å²) in [6.45, 7) is 0.690. The number of carboxylic acids is 1. The predicted octanol–water partition coefficient (Wildman–Crippen LogP) is 1.83. The zero-order valence-corrected chi connectivity index (χ0v) is 8.40. The molecule has 2 rings (SSSR count). The number of carboxylic acid groups (broad SMARTS) is 1. The first kappa shape index (κ1) is 9.96. The van der Waals surface area contributed by atoms with E-state index in [1.165, 1.54) is 12.1 Å². The Hall–Kier alpha value is -1.58. The van der Waals surface area contributed by atoms with E-state index in [0.717, 1.165) is 5.69 Å². The van der Waals surface area contributed by atoms with Crippen molar-refractivity contribution in [2.45, 2.75) is 12.3 Å². The molecule has 0 radical (unpaired) electrons. The van der Waals surface area contributed by atoms with Crippen molar-refractivity contribution in [3.63, 3.8) is 0 Å². The SMILES string of the molecule is CN1CCC(C(=O)O)c2cc(F)ccc21. The first-order chi connectivity index (χ1) is 7.09. The lowest BCUT2D eigenvalue weighted by molar-refractivity contribution is -0.139. The maximum Gasteiger partial charge on any atom is 0.311 e. The van der Waals surface area contributed by atoms with Gasteiger partial charge in [-0.2, -0.15) is 0 Å². The van der Waals surface area contributed by atoms with Crippen molar-refractivity contribution in [3.8, 4) is 0 Å². The van der Waals surface area contributed by atoms with Crippen molar-refractivity contribution in [1.29, 1.82) is 0 Å². The summed E-state index contributed by atoms with van der Waals surface area (Å²) in [5.41, 5.74) is 1.39. The second kappa shape index (κ2) is 3.53. The molecule has 1 atom stereocenters. The highest BCUT2D eigenvalue weighted by Crippen LogP contribution is 2.34. The number of anilines is 1. The molecule has 1 aromatic rings. The van der Waals surface area contributed by atoms with Crippen LogP contribution in [0.15, 0.2) is 18.2 Å². The Morgan fingerprint density at radius 3 is 3.00 bits per heavy atom. The summed E-state index contributed by atoms with van der Waals surface area (Å²) < 4.78 is 13.0. The molecule has 1 aromatic carbocycles. The van der Waals surface area contributed by atoms with E-state index in [4.69, 9.17) is 5.11 Å². The maximum atomic E-state index is 13.0. The highest BCUT2D eigenvalue weighted by molar-refractivity contribution is 5.80. The van der Waals surface area contributed by atoms with Gasteiger partial charge in [0.1, 0.15) is 5.82 Å². The zero-order chi connectivity index (χ0) is 11.0. The Labute approximate surface area is 87.1 Å². The molecule has 80 valence electrons. The first-order valence-corrected chi connectivity index (χ1v) is 4.83. The average molecular weight is 209 g/mol. The summed E-state index contributed by atoms with van der Waals surface area (Å²) >= 11 is 0. The molecule has 15 heavy (non-hydrogen) atoms. The molecule has 1 aliphatic rings. The topological polar surface area (TPSA) is 40.5 Å². The Morgan fingerprint density at radius 1 is 1.60 bits per heavy atom. The first-order valence-electron chi connectivity index (χ1n) is 4.83. The van der Waals surface area contributed by atoms with Crippen LogP contribution in [0.2, 0.25) is 0 Å². The van der Waals surface area contributed by atoms with Crippen LogP contribution in [0, 0.1) is 5.82 Å². The number of hydrogen-bond acceptors (Lipinski definition) is 2. The summed E-state index contributed by atoms with van der Waals surface area (Å²) in [7, 11) is 1.88. The van der Waals surface area contributed by atoms with Crippen LogP contribution in [0.5, 0.6) is 0 Å². The van der Waals surface area contributed by atoms with Crippen molar-refractivity contribution >= 4 is 11.7 Å². The van der Waals surface area contributed by atoms with Crippen LogP contribution in [0.4, 0.5) is 10.1 Å². The molecule has 0 fully saturated rings. The van der Waals surface area contributed by atoms with Crippen molar-refractivity contribution in [3.05, 3.63) is 29.6 Å².